The number of esters is 1. The molecule has 1 aliphatic rings. The van der Waals surface area contributed by atoms with Gasteiger partial charge in [0, 0.05) is 6.42 Å². The second kappa shape index (κ2) is 4.66. The first-order valence-electron chi connectivity index (χ1n) is 6.37. The molecular weight excluding hydrogens is 244 g/mol. The first-order chi connectivity index (χ1) is 9.20. The molecule has 0 N–H and O–H groups in total. The fourth-order valence-electron chi connectivity index (χ4n) is 2.55. The van der Waals surface area contributed by atoms with Crippen LogP contribution in [0, 0.1) is 0 Å². The fraction of sp³-hybridized carbons (Fsp3) is 0.429. The van der Waals surface area contributed by atoms with E-state index in [9.17, 15) is 4.79 Å². The fourth-order valence-corrected chi connectivity index (χ4v) is 2.55. The number of imidazole rings is 1. The van der Waals surface area contributed by atoms with Gasteiger partial charge in [0.15, 0.2) is 0 Å². The Morgan fingerprint density at radius 1 is 1.53 bits per heavy atom. The number of benzene rings is 1. The van der Waals surface area contributed by atoms with Crippen molar-refractivity contribution in [2.24, 2.45) is 0 Å². The molecule has 100 valence electrons. The Morgan fingerprint density at radius 3 is 3.16 bits per heavy atom. The maximum atomic E-state index is 11.6. The monoisotopic (exact) mass is 260 g/mol. The lowest BCUT2D eigenvalue weighted by atomic mass is 10.2. The molecule has 1 aromatic heterocycles. The Hall–Kier alpha value is -1.88. The SMILES string of the molecule is COC(=O)c1ccc2nc3n(c2c1)[C@@H](C)COCC3. The van der Waals surface area contributed by atoms with Gasteiger partial charge in [-0.15, -0.1) is 0 Å². The van der Waals surface area contributed by atoms with Crippen LogP contribution in [-0.2, 0) is 15.9 Å². The van der Waals surface area contributed by atoms with Crippen molar-refractivity contribution in [2.45, 2.75) is 19.4 Å². The Balaban J connectivity index is 2.18. The summed E-state index contributed by atoms with van der Waals surface area (Å²) in [5.74, 6) is 0.692. The Bertz CT molecular complexity index is 633. The Labute approximate surface area is 111 Å². The number of rotatable bonds is 1. The molecule has 5 nitrogen and oxygen atoms in total. The maximum absolute atomic E-state index is 11.6. The summed E-state index contributed by atoms with van der Waals surface area (Å²) in [6.45, 7) is 3.46. The normalized spacial score (nSPS) is 18.9. The number of carbonyl (C=O) groups excluding carboxylic acids is 1. The van der Waals surface area contributed by atoms with Crippen molar-refractivity contribution >= 4 is 17.0 Å². The quantitative estimate of drug-likeness (QED) is 0.735. The molecule has 0 unspecified atom stereocenters. The minimum absolute atomic E-state index is 0.218. The van der Waals surface area contributed by atoms with Crippen LogP contribution in [0.25, 0.3) is 11.0 Å². The lowest BCUT2D eigenvalue weighted by molar-refractivity contribution is 0.0601. The Kier molecular flexibility index (Phi) is 2.98. The van der Waals surface area contributed by atoms with Gasteiger partial charge in [0.05, 0.1) is 43.0 Å². The molecule has 1 aromatic carbocycles. The van der Waals surface area contributed by atoms with Crippen LogP contribution >= 0.6 is 0 Å². The summed E-state index contributed by atoms with van der Waals surface area (Å²) < 4.78 is 12.5. The number of carbonyl (C=O) groups is 1. The van der Waals surface area contributed by atoms with E-state index < -0.39 is 0 Å². The van der Waals surface area contributed by atoms with E-state index >= 15 is 0 Å². The molecular formula is C14H16N2O3. The van der Waals surface area contributed by atoms with Crippen molar-refractivity contribution < 1.29 is 14.3 Å². The highest BCUT2D eigenvalue weighted by Crippen LogP contribution is 2.25. The topological polar surface area (TPSA) is 53.3 Å². The van der Waals surface area contributed by atoms with Crippen molar-refractivity contribution in [3.05, 3.63) is 29.6 Å². The van der Waals surface area contributed by atoms with Crippen LogP contribution in [0.3, 0.4) is 0 Å². The number of ether oxygens (including phenoxy) is 2. The summed E-state index contributed by atoms with van der Waals surface area (Å²) in [5, 5.41) is 0. The predicted molar refractivity (Wildman–Crippen MR) is 70.3 cm³/mol. The molecule has 19 heavy (non-hydrogen) atoms. The summed E-state index contributed by atoms with van der Waals surface area (Å²) in [7, 11) is 1.39. The molecule has 0 fully saturated rings. The van der Waals surface area contributed by atoms with Gasteiger partial charge in [0.2, 0.25) is 0 Å². The minimum Gasteiger partial charge on any atom is -0.465 e. The van der Waals surface area contributed by atoms with Crippen LogP contribution in [0.4, 0.5) is 0 Å². The van der Waals surface area contributed by atoms with Gasteiger partial charge in [-0.05, 0) is 25.1 Å². The molecule has 5 heteroatoms. The van der Waals surface area contributed by atoms with Crippen LogP contribution in [0.15, 0.2) is 18.2 Å². The highest BCUT2D eigenvalue weighted by Gasteiger charge is 2.20. The number of hydrogen-bond acceptors (Lipinski definition) is 4. The van der Waals surface area contributed by atoms with E-state index in [1.807, 2.05) is 12.1 Å². The zero-order valence-corrected chi connectivity index (χ0v) is 11.0. The van der Waals surface area contributed by atoms with E-state index in [4.69, 9.17) is 9.47 Å². The first kappa shape index (κ1) is 12.2. The maximum Gasteiger partial charge on any atom is 0.337 e. The third kappa shape index (κ3) is 2.00. The van der Waals surface area contributed by atoms with Gasteiger partial charge in [-0.25, -0.2) is 9.78 Å². The second-order valence-corrected chi connectivity index (χ2v) is 4.77. The van der Waals surface area contributed by atoms with E-state index in [-0.39, 0.29) is 12.0 Å². The smallest absolute Gasteiger partial charge is 0.337 e. The molecule has 2 aromatic rings. The van der Waals surface area contributed by atoms with E-state index in [1.54, 1.807) is 6.07 Å². The van der Waals surface area contributed by atoms with Gasteiger partial charge in [0.25, 0.3) is 0 Å². The molecule has 0 saturated carbocycles. The average Bonchev–Trinajstić information content (AvgIpc) is 2.69. The molecule has 0 spiro atoms. The highest BCUT2D eigenvalue weighted by atomic mass is 16.5. The zero-order valence-electron chi connectivity index (χ0n) is 11.0. The number of nitrogens with zero attached hydrogens (tertiary/aromatic N) is 2. The molecule has 1 aliphatic heterocycles. The second-order valence-electron chi connectivity index (χ2n) is 4.77. The summed E-state index contributed by atoms with van der Waals surface area (Å²) in [4.78, 5) is 16.2. The third-order valence-corrected chi connectivity index (χ3v) is 3.45. The standard InChI is InChI=1S/C14H16N2O3/c1-9-8-19-6-5-13-15-11-4-3-10(14(17)18-2)7-12(11)16(9)13/h3-4,7,9H,5-6,8H2,1-2H3/t9-/m0/s1. The van der Waals surface area contributed by atoms with Crippen molar-refractivity contribution in [3.63, 3.8) is 0 Å². The van der Waals surface area contributed by atoms with Gasteiger partial charge in [-0.3, -0.25) is 0 Å². The largest absolute Gasteiger partial charge is 0.465 e. The summed E-state index contributed by atoms with van der Waals surface area (Å²) in [6, 6.07) is 5.69. The number of methoxy groups -OCH3 is 1. The first-order valence-corrected chi connectivity index (χ1v) is 6.37. The van der Waals surface area contributed by atoms with Gasteiger partial charge >= 0.3 is 5.97 Å². The van der Waals surface area contributed by atoms with Crippen molar-refractivity contribution in [2.75, 3.05) is 20.3 Å². The zero-order chi connectivity index (χ0) is 13.4. The van der Waals surface area contributed by atoms with Crippen molar-refractivity contribution in [1.82, 2.24) is 9.55 Å². The number of fused-ring (bicyclic) bond motifs is 3. The third-order valence-electron chi connectivity index (χ3n) is 3.45. The van der Waals surface area contributed by atoms with Crippen molar-refractivity contribution in [3.8, 4) is 0 Å². The van der Waals surface area contributed by atoms with Gasteiger partial charge < -0.3 is 14.0 Å². The molecule has 0 radical (unpaired) electrons. The lowest BCUT2D eigenvalue weighted by Crippen LogP contribution is -2.10. The molecule has 0 amide bonds. The van der Waals surface area contributed by atoms with E-state index in [1.165, 1.54) is 7.11 Å². The molecule has 1 atom stereocenters. The predicted octanol–water partition coefficient (Wildman–Crippen LogP) is 1.96. The number of aromatic nitrogens is 2. The number of hydrogen-bond donors (Lipinski definition) is 0. The summed E-state index contributed by atoms with van der Waals surface area (Å²) in [5.41, 5.74) is 2.43. The van der Waals surface area contributed by atoms with Crippen LogP contribution in [-0.4, -0.2) is 35.8 Å². The van der Waals surface area contributed by atoms with Crippen molar-refractivity contribution in [1.29, 1.82) is 0 Å². The average molecular weight is 260 g/mol. The van der Waals surface area contributed by atoms with E-state index in [2.05, 4.69) is 16.5 Å². The molecule has 3 rings (SSSR count). The highest BCUT2D eigenvalue weighted by molar-refractivity contribution is 5.93. The van der Waals surface area contributed by atoms with Gasteiger partial charge in [0.1, 0.15) is 5.82 Å². The van der Waals surface area contributed by atoms with Crippen LogP contribution in [0.2, 0.25) is 0 Å². The lowest BCUT2D eigenvalue weighted by Gasteiger charge is -2.13. The van der Waals surface area contributed by atoms with Gasteiger partial charge in [-0.1, -0.05) is 0 Å². The molecule has 0 saturated heterocycles. The van der Waals surface area contributed by atoms with E-state index in [0.717, 1.165) is 23.3 Å². The molecule has 0 aliphatic carbocycles. The summed E-state index contributed by atoms with van der Waals surface area (Å²) in [6.07, 6.45) is 0.798. The minimum atomic E-state index is -0.324. The van der Waals surface area contributed by atoms with Gasteiger partial charge in [-0.2, -0.15) is 0 Å². The van der Waals surface area contributed by atoms with Crippen LogP contribution in [0.5, 0.6) is 0 Å². The molecule has 2 heterocycles. The van der Waals surface area contributed by atoms with E-state index in [0.29, 0.717) is 18.8 Å². The van der Waals surface area contributed by atoms with Crippen LogP contribution in [0.1, 0.15) is 29.1 Å². The molecule has 0 bridgehead atoms. The summed E-state index contributed by atoms with van der Waals surface area (Å²) >= 11 is 0. The van der Waals surface area contributed by atoms with Crippen LogP contribution < -0.4 is 0 Å². The Morgan fingerprint density at radius 2 is 2.37 bits per heavy atom.